The Morgan fingerprint density at radius 2 is 2.06 bits per heavy atom. The van der Waals surface area contributed by atoms with Crippen molar-refractivity contribution >= 4 is 12.2 Å². The third kappa shape index (κ3) is 2.61. The Morgan fingerprint density at radius 1 is 1.33 bits per heavy atom. The molecule has 0 unspecified atom stereocenters. The molecule has 2 rings (SSSR count). The van der Waals surface area contributed by atoms with Crippen molar-refractivity contribution in [2.24, 2.45) is 7.05 Å². The third-order valence-electron chi connectivity index (χ3n) is 2.49. The van der Waals surface area contributed by atoms with E-state index < -0.39 is 11.7 Å². The Balaban J connectivity index is 2.31. The van der Waals surface area contributed by atoms with Crippen LogP contribution >= 0.6 is 12.2 Å². The van der Waals surface area contributed by atoms with Crippen LogP contribution in [0, 0.1) is 4.77 Å². The molecule has 0 saturated carbocycles. The molecule has 2 aromatic rings. The van der Waals surface area contributed by atoms with E-state index in [1.165, 1.54) is 17.1 Å². The Kier molecular flexibility index (Phi) is 3.25. The average molecular weight is 273 g/mol. The van der Waals surface area contributed by atoms with Crippen molar-refractivity contribution in [2.45, 2.75) is 12.7 Å². The van der Waals surface area contributed by atoms with E-state index in [-0.39, 0.29) is 6.54 Å². The Morgan fingerprint density at radius 3 is 2.61 bits per heavy atom. The SMILES string of the molecule is Cn1ncn(Cc2cccc(C(F)(F)F)c2)c1=S. The zero-order chi connectivity index (χ0) is 13.3. The van der Waals surface area contributed by atoms with Gasteiger partial charge in [-0.15, -0.1) is 0 Å². The van der Waals surface area contributed by atoms with Crippen LogP contribution in [0.4, 0.5) is 13.2 Å². The van der Waals surface area contributed by atoms with Gasteiger partial charge in [-0.05, 0) is 29.9 Å². The molecule has 96 valence electrons. The van der Waals surface area contributed by atoms with E-state index in [4.69, 9.17) is 12.2 Å². The molecule has 0 bridgehead atoms. The van der Waals surface area contributed by atoms with Crippen molar-refractivity contribution < 1.29 is 13.2 Å². The van der Waals surface area contributed by atoms with Gasteiger partial charge in [0.15, 0.2) is 4.77 Å². The molecule has 0 radical (unpaired) electrons. The van der Waals surface area contributed by atoms with Gasteiger partial charge in [-0.1, -0.05) is 12.1 Å². The second-order valence-corrected chi connectivity index (χ2v) is 4.23. The number of alkyl halides is 3. The molecule has 7 heteroatoms. The van der Waals surface area contributed by atoms with Crippen LogP contribution in [0.15, 0.2) is 30.6 Å². The van der Waals surface area contributed by atoms with Crippen LogP contribution in [0.2, 0.25) is 0 Å². The molecule has 0 atom stereocenters. The highest BCUT2D eigenvalue weighted by molar-refractivity contribution is 7.71. The van der Waals surface area contributed by atoms with Gasteiger partial charge in [-0.2, -0.15) is 18.3 Å². The molecule has 3 nitrogen and oxygen atoms in total. The molecule has 1 aromatic heterocycles. The zero-order valence-electron chi connectivity index (χ0n) is 9.48. The third-order valence-corrected chi connectivity index (χ3v) is 2.99. The largest absolute Gasteiger partial charge is 0.416 e. The fourth-order valence-electron chi connectivity index (χ4n) is 1.58. The summed E-state index contributed by atoms with van der Waals surface area (Å²) in [5, 5.41) is 3.94. The number of benzene rings is 1. The summed E-state index contributed by atoms with van der Waals surface area (Å²) in [5.74, 6) is 0. The molecule has 0 aliphatic carbocycles. The van der Waals surface area contributed by atoms with Crippen molar-refractivity contribution in [2.75, 3.05) is 0 Å². The molecule has 0 aliphatic rings. The first-order chi connectivity index (χ1) is 8.38. The number of aromatic nitrogens is 3. The maximum Gasteiger partial charge on any atom is 0.416 e. The number of nitrogens with zero attached hydrogens (tertiary/aromatic N) is 3. The second-order valence-electron chi connectivity index (χ2n) is 3.86. The van der Waals surface area contributed by atoms with Crippen LogP contribution in [0.5, 0.6) is 0 Å². The summed E-state index contributed by atoms with van der Waals surface area (Å²) in [6.45, 7) is 0.274. The van der Waals surface area contributed by atoms with E-state index >= 15 is 0 Å². The summed E-state index contributed by atoms with van der Waals surface area (Å²) < 4.78 is 41.2. The highest BCUT2D eigenvalue weighted by Gasteiger charge is 2.30. The van der Waals surface area contributed by atoms with Gasteiger partial charge in [0.1, 0.15) is 6.33 Å². The van der Waals surface area contributed by atoms with E-state index in [0.29, 0.717) is 10.3 Å². The highest BCUT2D eigenvalue weighted by Crippen LogP contribution is 2.29. The van der Waals surface area contributed by atoms with Crippen molar-refractivity contribution in [1.29, 1.82) is 0 Å². The molecule has 1 heterocycles. The molecule has 0 N–H and O–H groups in total. The fraction of sp³-hybridized carbons (Fsp3) is 0.273. The molecule has 18 heavy (non-hydrogen) atoms. The minimum atomic E-state index is -4.33. The minimum absolute atomic E-state index is 0.274. The smallest absolute Gasteiger partial charge is 0.302 e. The summed E-state index contributed by atoms with van der Waals surface area (Å²) in [5.41, 5.74) is -0.121. The van der Waals surface area contributed by atoms with E-state index in [0.717, 1.165) is 12.1 Å². The van der Waals surface area contributed by atoms with Gasteiger partial charge in [0.2, 0.25) is 0 Å². The minimum Gasteiger partial charge on any atom is -0.302 e. The van der Waals surface area contributed by atoms with Crippen LogP contribution < -0.4 is 0 Å². The number of hydrogen-bond donors (Lipinski definition) is 0. The average Bonchev–Trinajstić information content (AvgIpc) is 2.60. The van der Waals surface area contributed by atoms with Gasteiger partial charge >= 0.3 is 6.18 Å². The maximum atomic E-state index is 12.5. The highest BCUT2D eigenvalue weighted by atomic mass is 32.1. The van der Waals surface area contributed by atoms with Crippen molar-refractivity contribution in [3.8, 4) is 0 Å². The maximum absolute atomic E-state index is 12.5. The number of rotatable bonds is 2. The van der Waals surface area contributed by atoms with Crippen molar-refractivity contribution in [1.82, 2.24) is 14.3 Å². The fourth-order valence-corrected chi connectivity index (χ4v) is 1.73. The lowest BCUT2D eigenvalue weighted by Crippen LogP contribution is -2.06. The van der Waals surface area contributed by atoms with Gasteiger partial charge in [0, 0.05) is 7.05 Å². The molecular formula is C11H10F3N3S. The molecule has 0 saturated heterocycles. The van der Waals surface area contributed by atoms with Crippen LogP contribution in [0.1, 0.15) is 11.1 Å². The van der Waals surface area contributed by atoms with E-state index in [9.17, 15) is 13.2 Å². The summed E-state index contributed by atoms with van der Waals surface area (Å²) >= 11 is 5.07. The first kappa shape index (κ1) is 12.8. The molecule has 0 aliphatic heterocycles. The molecule has 1 aromatic carbocycles. The lowest BCUT2D eigenvalue weighted by atomic mass is 10.1. The molecular weight excluding hydrogens is 263 g/mol. The lowest BCUT2D eigenvalue weighted by Gasteiger charge is -2.08. The van der Waals surface area contributed by atoms with Gasteiger partial charge < -0.3 is 4.57 Å². The molecule has 0 amide bonds. The molecule has 0 spiro atoms. The van der Waals surface area contributed by atoms with E-state index in [1.807, 2.05) is 0 Å². The number of aryl methyl sites for hydroxylation is 1. The quantitative estimate of drug-likeness (QED) is 0.785. The van der Waals surface area contributed by atoms with E-state index in [2.05, 4.69) is 5.10 Å². The number of hydrogen-bond acceptors (Lipinski definition) is 2. The number of halogens is 3. The van der Waals surface area contributed by atoms with Crippen LogP contribution in [0.3, 0.4) is 0 Å². The summed E-state index contributed by atoms with van der Waals surface area (Å²) in [6, 6.07) is 5.18. The first-order valence-electron chi connectivity index (χ1n) is 5.12. The van der Waals surface area contributed by atoms with Crippen LogP contribution in [-0.4, -0.2) is 14.3 Å². The van der Waals surface area contributed by atoms with Gasteiger partial charge in [0.05, 0.1) is 12.1 Å². The lowest BCUT2D eigenvalue weighted by molar-refractivity contribution is -0.137. The normalized spacial score (nSPS) is 11.8. The Bertz CT molecular complexity index is 612. The van der Waals surface area contributed by atoms with Gasteiger partial charge in [-0.25, -0.2) is 4.68 Å². The van der Waals surface area contributed by atoms with E-state index in [1.54, 1.807) is 17.7 Å². The van der Waals surface area contributed by atoms with Gasteiger partial charge in [-0.3, -0.25) is 0 Å². The topological polar surface area (TPSA) is 22.8 Å². The standard InChI is InChI=1S/C11H10F3N3S/c1-16-10(18)17(7-15-16)6-8-3-2-4-9(5-8)11(12,13)14/h2-5,7H,6H2,1H3. The Labute approximate surface area is 106 Å². The van der Waals surface area contributed by atoms with Crippen molar-refractivity contribution in [3.63, 3.8) is 0 Å². The zero-order valence-corrected chi connectivity index (χ0v) is 10.3. The summed E-state index contributed by atoms with van der Waals surface area (Å²) in [7, 11) is 1.69. The summed E-state index contributed by atoms with van der Waals surface area (Å²) in [6.07, 6.45) is -2.82. The second kappa shape index (κ2) is 4.56. The Hall–Kier alpha value is -1.63. The van der Waals surface area contributed by atoms with Crippen molar-refractivity contribution in [3.05, 3.63) is 46.5 Å². The monoisotopic (exact) mass is 273 g/mol. The van der Waals surface area contributed by atoms with Crippen LogP contribution in [-0.2, 0) is 19.8 Å². The first-order valence-corrected chi connectivity index (χ1v) is 5.53. The van der Waals surface area contributed by atoms with Gasteiger partial charge in [0.25, 0.3) is 0 Å². The van der Waals surface area contributed by atoms with Crippen LogP contribution in [0.25, 0.3) is 0 Å². The predicted molar refractivity (Wildman–Crippen MR) is 62.6 cm³/mol. The molecule has 0 fully saturated rings. The predicted octanol–water partition coefficient (Wildman–Crippen LogP) is 3.02. The summed E-state index contributed by atoms with van der Waals surface area (Å²) in [4.78, 5) is 0.